The maximum atomic E-state index is 12.8. The molecule has 1 aromatic heterocycles. The summed E-state index contributed by atoms with van der Waals surface area (Å²) in [6, 6.07) is 6.96. The number of halogens is 1. The zero-order valence-electron chi connectivity index (χ0n) is 11.2. The van der Waals surface area contributed by atoms with Gasteiger partial charge < -0.3 is 14.9 Å². The molecule has 6 heteroatoms. The lowest BCUT2D eigenvalue weighted by Gasteiger charge is -2.23. The summed E-state index contributed by atoms with van der Waals surface area (Å²) in [6.07, 6.45) is 0. The van der Waals surface area contributed by atoms with Crippen molar-refractivity contribution in [3.05, 3.63) is 53.2 Å². The Hall–Kier alpha value is -2.21. The van der Waals surface area contributed by atoms with Crippen LogP contribution in [0.2, 0.25) is 0 Å². The van der Waals surface area contributed by atoms with Gasteiger partial charge in [-0.05, 0) is 31.5 Å². The Morgan fingerprint density at radius 2 is 2.10 bits per heavy atom. The maximum Gasteiger partial charge on any atom is 0.290 e. The van der Waals surface area contributed by atoms with E-state index in [1.807, 2.05) is 0 Å². The molecule has 1 unspecified atom stereocenters. The van der Waals surface area contributed by atoms with Gasteiger partial charge in [0, 0.05) is 6.07 Å². The van der Waals surface area contributed by atoms with E-state index in [1.54, 1.807) is 6.92 Å². The Kier molecular flexibility index (Phi) is 3.85. The van der Waals surface area contributed by atoms with Crippen LogP contribution in [0.3, 0.4) is 0 Å². The van der Waals surface area contributed by atoms with Gasteiger partial charge in [0.25, 0.3) is 5.91 Å². The van der Waals surface area contributed by atoms with Crippen LogP contribution < -0.4 is 5.32 Å². The third-order valence-corrected chi connectivity index (χ3v) is 2.91. The van der Waals surface area contributed by atoms with Gasteiger partial charge in [0.1, 0.15) is 11.4 Å². The highest BCUT2D eigenvalue weighted by Crippen LogP contribution is 2.20. The Labute approximate surface area is 115 Å². The van der Waals surface area contributed by atoms with E-state index in [2.05, 4.69) is 10.5 Å². The molecule has 0 fully saturated rings. The molecule has 0 saturated carbocycles. The molecule has 0 radical (unpaired) electrons. The minimum Gasteiger partial charge on any atom is -0.384 e. The molecule has 0 aliphatic heterocycles. The zero-order chi connectivity index (χ0) is 14.8. The van der Waals surface area contributed by atoms with Gasteiger partial charge in [-0.3, -0.25) is 4.79 Å². The Bertz CT molecular complexity index is 605. The van der Waals surface area contributed by atoms with Crippen molar-refractivity contribution in [3.8, 4) is 0 Å². The fourth-order valence-electron chi connectivity index (χ4n) is 1.72. The number of carbonyl (C=O) groups excluding carboxylic acids is 1. The molecule has 0 saturated heterocycles. The first-order valence-electron chi connectivity index (χ1n) is 6.08. The van der Waals surface area contributed by atoms with E-state index in [9.17, 15) is 14.3 Å². The third-order valence-electron chi connectivity index (χ3n) is 2.91. The van der Waals surface area contributed by atoms with Crippen LogP contribution in [-0.2, 0) is 5.60 Å². The standard InChI is InChI=1S/C14H15FN2O3/c1-9-7-12(20-17-9)13(18)16-8-14(2,19)10-3-5-11(15)6-4-10/h3-7,19H,8H2,1-2H3,(H,16,18). The zero-order valence-corrected chi connectivity index (χ0v) is 11.2. The first-order valence-corrected chi connectivity index (χ1v) is 6.08. The second kappa shape index (κ2) is 5.42. The van der Waals surface area contributed by atoms with E-state index >= 15 is 0 Å². The number of hydrogen-bond donors (Lipinski definition) is 2. The van der Waals surface area contributed by atoms with Gasteiger partial charge in [0.05, 0.1) is 12.2 Å². The van der Waals surface area contributed by atoms with Crippen LogP contribution in [0, 0.1) is 12.7 Å². The topological polar surface area (TPSA) is 75.4 Å². The van der Waals surface area contributed by atoms with Crippen molar-refractivity contribution in [1.82, 2.24) is 10.5 Å². The minimum absolute atomic E-state index is 0.0305. The van der Waals surface area contributed by atoms with Gasteiger partial charge in [0.2, 0.25) is 5.76 Å². The SMILES string of the molecule is Cc1cc(C(=O)NCC(C)(O)c2ccc(F)cc2)on1. The summed E-state index contributed by atoms with van der Waals surface area (Å²) in [6.45, 7) is 3.21. The number of benzene rings is 1. The lowest BCUT2D eigenvalue weighted by molar-refractivity contribution is 0.0516. The fraction of sp³-hybridized carbons (Fsp3) is 0.286. The van der Waals surface area contributed by atoms with Gasteiger partial charge in [-0.15, -0.1) is 0 Å². The summed E-state index contributed by atoms with van der Waals surface area (Å²) < 4.78 is 17.7. The predicted molar refractivity (Wildman–Crippen MR) is 69.5 cm³/mol. The highest BCUT2D eigenvalue weighted by Gasteiger charge is 2.24. The van der Waals surface area contributed by atoms with Crippen LogP contribution in [0.5, 0.6) is 0 Å². The molecule has 1 atom stereocenters. The smallest absolute Gasteiger partial charge is 0.290 e. The number of carbonyl (C=O) groups is 1. The van der Waals surface area contributed by atoms with Gasteiger partial charge in [-0.1, -0.05) is 17.3 Å². The quantitative estimate of drug-likeness (QED) is 0.893. The number of amides is 1. The molecule has 2 rings (SSSR count). The van der Waals surface area contributed by atoms with Crippen molar-refractivity contribution in [2.45, 2.75) is 19.4 Å². The Morgan fingerprint density at radius 1 is 1.45 bits per heavy atom. The second-order valence-corrected chi connectivity index (χ2v) is 4.80. The molecule has 1 aromatic carbocycles. The second-order valence-electron chi connectivity index (χ2n) is 4.80. The number of nitrogens with zero attached hydrogens (tertiary/aromatic N) is 1. The molecule has 0 aliphatic carbocycles. The number of rotatable bonds is 4. The maximum absolute atomic E-state index is 12.8. The monoisotopic (exact) mass is 278 g/mol. The molecule has 2 N–H and O–H groups in total. The summed E-state index contributed by atoms with van der Waals surface area (Å²) in [5.41, 5.74) is -0.202. The predicted octanol–water partition coefficient (Wildman–Crippen LogP) is 1.76. The first kappa shape index (κ1) is 14.2. The number of hydrogen-bond acceptors (Lipinski definition) is 4. The average molecular weight is 278 g/mol. The molecular formula is C14H15FN2O3. The van der Waals surface area contributed by atoms with Crippen molar-refractivity contribution < 1.29 is 18.8 Å². The van der Waals surface area contributed by atoms with Crippen molar-refractivity contribution in [3.63, 3.8) is 0 Å². The molecule has 20 heavy (non-hydrogen) atoms. The third kappa shape index (κ3) is 3.21. The molecule has 5 nitrogen and oxygen atoms in total. The normalized spacial score (nSPS) is 13.8. The summed E-state index contributed by atoms with van der Waals surface area (Å²) in [7, 11) is 0. The van der Waals surface area contributed by atoms with Crippen LogP contribution in [0.4, 0.5) is 4.39 Å². The molecule has 0 bridgehead atoms. The van der Waals surface area contributed by atoms with E-state index in [1.165, 1.54) is 37.3 Å². The number of aromatic nitrogens is 1. The Morgan fingerprint density at radius 3 is 2.65 bits per heavy atom. The summed E-state index contributed by atoms with van der Waals surface area (Å²) >= 11 is 0. The average Bonchev–Trinajstić information content (AvgIpc) is 2.83. The minimum atomic E-state index is -1.31. The number of nitrogens with one attached hydrogen (secondary N) is 1. The summed E-state index contributed by atoms with van der Waals surface area (Å²) in [5, 5.41) is 16.5. The molecule has 1 amide bonds. The largest absolute Gasteiger partial charge is 0.384 e. The van der Waals surface area contributed by atoms with Crippen LogP contribution >= 0.6 is 0 Å². The van der Waals surface area contributed by atoms with Crippen molar-refractivity contribution in [2.24, 2.45) is 0 Å². The van der Waals surface area contributed by atoms with Crippen LogP contribution in [0.25, 0.3) is 0 Å². The number of aryl methyl sites for hydroxylation is 1. The lowest BCUT2D eigenvalue weighted by Crippen LogP contribution is -2.38. The fourth-order valence-corrected chi connectivity index (χ4v) is 1.72. The van der Waals surface area contributed by atoms with E-state index < -0.39 is 11.5 Å². The first-order chi connectivity index (χ1) is 9.38. The van der Waals surface area contributed by atoms with Crippen molar-refractivity contribution in [2.75, 3.05) is 6.54 Å². The molecule has 0 spiro atoms. The Balaban J connectivity index is 2.02. The van der Waals surface area contributed by atoms with Gasteiger partial charge >= 0.3 is 0 Å². The van der Waals surface area contributed by atoms with Gasteiger partial charge in [0.15, 0.2) is 0 Å². The van der Waals surface area contributed by atoms with Gasteiger partial charge in [-0.2, -0.15) is 0 Å². The molecule has 1 heterocycles. The van der Waals surface area contributed by atoms with Crippen LogP contribution in [0.1, 0.15) is 28.7 Å². The summed E-state index contributed by atoms with van der Waals surface area (Å²) in [5.74, 6) is -0.767. The lowest BCUT2D eigenvalue weighted by atomic mass is 9.96. The van der Waals surface area contributed by atoms with E-state index in [0.29, 0.717) is 11.3 Å². The molecule has 0 aliphatic rings. The summed E-state index contributed by atoms with van der Waals surface area (Å²) in [4.78, 5) is 11.8. The van der Waals surface area contributed by atoms with E-state index in [-0.39, 0.29) is 18.1 Å². The molecule has 2 aromatic rings. The number of aliphatic hydroxyl groups is 1. The molecular weight excluding hydrogens is 263 g/mol. The van der Waals surface area contributed by atoms with Gasteiger partial charge in [-0.25, -0.2) is 4.39 Å². The van der Waals surface area contributed by atoms with E-state index in [4.69, 9.17) is 4.52 Å². The highest BCUT2D eigenvalue weighted by molar-refractivity contribution is 5.91. The van der Waals surface area contributed by atoms with Crippen molar-refractivity contribution >= 4 is 5.91 Å². The van der Waals surface area contributed by atoms with Crippen LogP contribution in [0.15, 0.2) is 34.9 Å². The van der Waals surface area contributed by atoms with Crippen molar-refractivity contribution in [1.29, 1.82) is 0 Å². The molecule has 106 valence electrons. The van der Waals surface area contributed by atoms with E-state index in [0.717, 1.165) is 0 Å². The highest BCUT2D eigenvalue weighted by atomic mass is 19.1. The van der Waals surface area contributed by atoms with Crippen LogP contribution in [-0.4, -0.2) is 22.7 Å².